The van der Waals surface area contributed by atoms with Crippen molar-refractivity contribution < 1.29 is 4.79 Å². The maximum absolute atomic E-state index is 10.1. The molecule has 1 aromatic rings. The number of hydrogen-bond acceptors (Lipinski definition) is 2. The first-order chi connectivity index (χ1) is 8.31. The van der Waals surface area contributed by atoms with Crippen LogP contribution in [0.1, 0.15) is 19.4 Å². The van der Waals surface area contributed by atoms with Gasteiger partial charge >= 0.3 is 0 Å². The fraction of sp³-hybridized carbons (Fsp3) is 0.267. The Labute approximate surface area is 103 Å². The Balaban J connectivity index is 2.70. The lowest BCUT2D eigenvalue weighted by Crippen LogP contribution is -2.21. The molecular weight excluding hydrogens is 210 g/mol. The second kappa shape index (κ2) is 7.44. The molecule has 0 unspecified atom stereocenters. The molecular formula is C15H19NO. The van der Waals surface area contributed by atoms with Gasteiger partial charge in [0, 0.05) is 18.8 Å². The quantitative estimate of drug-likeness (QED) is 0.424. The highest BCUT2D eigenvalue weighted by Crippen LogP contribution is 2.15. The van der Waals surface area contributed by atoms with Crippen LogP contribution in [0.25, 0.3) is 6.08 Å². The van der Waals surface area contributed by atoms with Crippen LogP contribution in [0.5, 0.6) is 0 Å². The molecule has 0 aliphatic heterocycles. The van der Waals surface area contributed by atoms with Gasteiger partial charge in [0.15, 0.2) is 0 Å². The van der Waals surface area contributed by atoms with Crippen molar-refractivity contribution >= 4 is 18.0 Å². The third-order valence-electron chi connectivity index (χ3n) is 2.61. The average molecular weight is 229 g/mol. The van der Waals surface area contributed by atoms with Crippen molar-refractivity contribution in [3.63, 3.8) is 0 Å². The van der Waals surface area contributed by atoms with Crippen LogP contribution in [0, 0.1) is 0 Å². The van der Waals surface area contributed by atoms with Gasteiger partial charge in [0.1, 0.15) is 6.29 Å². The van der Waals surface area contributed by atoms with E-state index in [0.29, 0.717) is 0 Å². The van der Waals surface area contributed by atoms with Gasteiger partial charge in [-0.05, 0) is 37.6 Å². The van der Waals surface area contributed by atoms with Crippen LogP contribution in [-0.4, -0.2) is 19.4 Å². The summed E-state index contributed by atoms with van der Waals surface area (Å²) in [5.74, 6) is 0. The van der Waals surface area contributed by atoms with E-state index < -0.39 is 0 Å². The molecule has 0 aromatic heterocycles. The van der Waals surface area contributed by atoms with E-state index in [0.717, 1.165) is 24.9 Å². The van der Waals surface area contributed by atoms with E-state index in [4.69, 9.17) is 0 Å². The van der Waals surface area contributed by atoms with Crippen molar-refractivity contribution in [3.05, 3.63) is 48.1 Å². The van der Waals surface area contributed by atoms with Crippen LogP contribution >= 0.6 is 0 Å². The molecule has 90 valence electrons. The van der Waals surface area contributed by atoms with Crippen LogP contribution < -0.4 is 4.90 Å². The summed E-state index contributed by atoms with van der Waals surface area (Å²) in [6.45, 7) is 6.35. The number of allylic oxidation sites excluding steroid dienone is 3. The molecule has 0 amide bonds. The molecule has 2 nitrogen and oxygen atoms in total. The van der Waals surface area contributed by atoms with Crippen LogP contribution in [0.3, 0.4) is 0 Å². The Morgan fingerprint density at radius 3 is 2.18 bits per heavy atom. The molecule has 17 heavy (non-hydrogen) atoms. The molecule has 0 fully saturated rings. The smallest absolute Gasteiger partial charge is 0.142 e. The SMILES string of the molecule is CCN(CC)c1ccc(/C=C/C=C/C=O)cc1. The van der Waals surface area contributed by atoms with Gasteiger partial charge in [-0.3, -0.25) is 4.79 Å². The number of hydrogen-bond donors (Lipinski definition) is 0. The first kappa shape index (κ1) is 13.2. The second-order valence-corrected chi connectivity index (χ2v) is 3.64. The molecule has 1 aromatic carbocycles. The molecule has 2 heteroatoms. The zero-order chi connectivity index (χ0) is 12.5. The maximum Gasteiger partial charge on any atom is 0.142 e. The molecule has 0 atom stereocenters. The highest BCUT2D eigenvalue weighted by atomic mass is 16.1. The second-order valence-electron chi connectivity index (χ2n) is 3.64. The van der Waals surface area contributed by atoms with Crippen LogP contribution in [-0.2, 0) is 4.79 Å². The third kappa shape index (κ3) is 4.27. The average Bonchev–Trinajstić information content (AvgIpc) is 2.38. The lowest BCUT2D eigenvalue weighted by molar-refractivity contribution is -0.104. The standard InChI is InChI=1S/C15H19NO/c1-3-16(4-2)15-11-9-14(10-12-15)8-6-5-7-13-17/h5-13H,3-4H2,1-2H3/b7-5+,8-6+. The maximum atomic E-state index is 10.1. The van der Waals surface area contributed by atoms with E-state index in [9.17, 15) is 4.79 Å². The lowest BCUT2D eigenvalue weighted by Gasteiger charge is -2.20. The molecule has 1 rings (SSSR count). The first-order valence-corrected chi connectivity index (χ1v) is 5.95. The molecule has 0 spiro atoms. The molecule has 0 bridgehead atoms. The number of carbonyl (C=O) groups is 1. The first-order valence-electron chi connectivity index (χ1n) is 5.95. The minimum absolute atomic E-state index is 0.772. The molecule has 0 heterocycles. The zero-order valence-electron chi connectivity index (χ0n) is 10.5. The van der Waals surface area contributed by atoms with Crippen molar-refractivity contribution in [3.8, 4) is 0 Å². The van der Waals surface area contributed by atoms with Crippen LogP contribution in [0.2, 0.25) is 0 Å². The van der Waals surface area contributed by atoms with Gasteiger partial charge in [-0.2, -0.15) is 0 Å². The minimum Gasteiger partial charge on any atom is -0.372 e. The van der Waals surface area contributed by atoms with E-state index >= 15 is 0 Å². The molecule has 0 radical (unpaired) electrons. The van der Waals surface area contributed by atoms with Gasteiger partial charge in [-0.1, -0.05) is 30.4 Å². The Morgan fingerprint density at radius 1 is 1.00 bits per heavy atom. The van der Waals surface area contributed by atoms with E-state index in [2.05, 4.69) is 43.0 Å². The number of aldehydes is 1. The van der Waals surface area contributed by atoms with Crippen LogP contribution in [0.15, 0.2) is 42.5 Å². The Kier molecular flexibility index (Phi) is 5.80. The largest absolute Gasteiger partial charge is 0.372 e. The van der Waals surface area contributed by atoms with Gasteiger partial charge in [0.05, 0.1) is 0 Å². The highest BCUT2D eigenvalue weighted by Gasteiger charge is 1.99. The third-order valence-corrected chi connectivity index (χ3v) is 2.61. The lowest BCUT2D eigenvalue weighted by atomic mass is 10.2. The number of anilines is 1. The fourth-order valence-electron chi connectivity index (χ4n) is 1.66. The summed E-state index contributed by atoms with van der Waals surface area (Å²) in [5.41, 5.74) is 2.38. The summed E-state index contributed by atoms with van der Waals surface area (Å²) < 4.78 is 0. The van der Waals surface area contributed by atoms with Crippen molar-refractivity contribution in [2.75, 3.05) is 18.0 Å². The van der Waals surface area contributed by atoms with E-state index in [1.807, 2.05) is 12.2 Å². The van der Waals surface area contributed by atoms with Crippen molar-refractivity contribution in [2.24, 2.45) is 0 Å². The van der Waals surface area contributed by atoms with Gasteiger partial charge in [-0.25, -0.2) is 0 Å². The summed E-state index contributed by atoms with van der Waals surface area (Å²) in [7, 11) is 0. The van der Waals surface area contributed by atoms with Gasteiger partial charge in [0.25, 0.3) is 0 Å². The summed E-state index contributed by atoms with van der Waals surface area (Å²) in [5, 5.41) is 0. The van der Waals surface area contributed by atoms with Gasteiger partial charge < -0.3 is 4.90 Å². The number of rotatable bonds is 6. The molecule has 0 saturated carbocycles. The van der Waals surface area contributed by atoms with E-state index in [1.54, 1.807) is 6.08 Å². The zero-order valence-corrected chi connectivity index (χ0v) is 10.5. The van der Waals surface area contributed by atoms with Gasteiger partial charge in [0.2, 0.25) is 0 Å². The number of carbonyl (C=O) groups excluding carboxylic acids is 1. The summed E-state index contributed by atoms with van der Waals surface area (Å²) in [6.07, 6.45) is 7.81. The summed E-state index contributed by atoms with van der Waals surface area (Å²) in [4.78, 5) is 12.4. The predicted octanol–water partition coefficient (Wildman–Crippen LogP) is 3.30. The van der Waals surface area contributed by atoms with E-state index in [1.165, 1.54) is 11.8 Å². The normalized spacial score (nSPS) is 11.2. The Hall–Kier alpha value is -1.83. The van der Waals surface area contributed by atoms with E-state index in [-0.39, 0.29) is 0 Å². The monoisotopic (exact) mass is 229 g/mol. The predicted molar refractivity (Wildman–Crippen MR) is 74.2 cm³/mol. The molecule has 0 aliphatic carbocycles. The fourth-order valence-corrected chi connectivity index (χ4v) is 1.66. The van der Waals surface area contributed by atoms with Crippen molar-refractivity contribution in [2.45, 2.75) is 13.8 Å². The number of nitrogens with zero attached hydrogens (tertiary/aromatic N) is 1. The summed E-state index contributed by atoms with van der Waals surface area (Å²) >= 11 is 0. The Morgan fingerprint density at radius 2 is 1.65 bits per heavy atom. The number of benzene rings is 1. The van der Waals surface area contributed by atoms with Gasteiger partial charge in [-0.15, -0.1) is 0 Å². The topological polar surface area (TPSA) is 20.3 Å². The molecule has 0 aliphatic rings. The Bertz CT molecular complexity index is 386. The van der Waals surface area contributed by atoms with Crippen LogP contribution in [0.4, 0.5) is 5.69 Å². The van der Waals surface area contributed by atoms with Crippen molar-refractivity contribution in [1.82, 2.24) is 0 Å². The van der Waals surface area contributed by atoms with Crippen molar-refractivity contribution in [1.29, 1.82) is 0 Å². The molecule has 0 saturated heterocycles. The summed E-state index contributed by atoms with van der Waals surface area (Å²) in [6, 6.07) is 8.41. The highest BCUT2D eigenvalue weighted by molar-refractivity contribution is 5.66. The molecule has 0 N–H and O–H groups in total. The minimum atomic E-state index is 0.772.